The molecule has 120 valence electrons. The van der Waals surface area contributed by atoms with Crippen molar-refractivity contribution in [3.05, 3.63) is 28.8 Å². The lowest BCUT2D eigenvalue weighted by Gasteiger charge is -2.34. The lowest BCUT2D eigenvalue weighted by molar-refractivity contribution is 0.232. The lowest BCUT2D eigenvalue weighted by atomic mass is 9.79. The fourth-order valence-electron chi connectivity index (χ4n) is 5.19. The number of anilines is 1. The summed E-state index contributed by atoms with van der Waals surface area (Å²) in [5.74, 6) is 1.61. The van der Waals surface area contributed by atoms with Crippen LogP contribution in [0.25, 0.3) is 0 Å². The van der Waals surface area contributed by atoms with Gasteiger partial charge in [-0.3, -0.25) is 0 Å². The molecule has 2 nitrogen and oxygen atoms in total. The second-order valence-corrected chi connectivity index (χ2v) is 7.79. The Morgan fingerprint density at radius 1 is 1.00 bits per heavy atom. The van der Waals surface area contributed by atoms with Crippen LogP contribution < -0.4 is 10.6 Å². The summed E-state index contributed by atoms with van der Waals surface area (Å²) in [4.78, 5) is 0. The summed E-state index contributed by atoms with van der Waals surface area (Å²) < 4.78 is 0. The van der Waals surface area contributed by atoms with Gasteiger partial charge in [0.2, 0.25) is 0 Å². The van der Waals surface area contributed by atoms with E-state index in [-0.39, 0.29) is 0 Å². The highest BCUT2D eigenvalue weighted by Gasteiger charge is 2.31. The van der Waals surface area contributed by atoms with E-state index in [4.69, 9.17) is 0 Å². The lowest BCUT2D eigenvalue weighted by Crippen LogP contribution is -2.39. The summed E-state index contributed by atoms with van der Waals surface area (Å²) in [6, 6.07) is 5.95. The predicted octanol–water partition coefficient (Wildman–Crippen LogP) is 4.76. The molecule has 1 aromatic carbocycles. The molecule has 22 heavy (non-hydrogen) atoms. The molecule has 1 aromatic rings. The third-order valence-corrected chi connectivity index (χ3v) is 6.38. The van der Waals surface area contributed by atoms with Crippen LogP contribution in [0.3, 0.4) is 0 Å². The Morgan fingerprint density at radius 3 is 2.77 bits per heavy atom. The van der Waals surface area contributed by atoms with E-state index in [2.05, 4.69) is 36.6 Å². The summed E-state index contributed by atoms with van der Waals surface area (Å²) in [6.07, 6.45) is 9.65. The summed E-state index contributed by atoms with van der Waals surface area (Å²) in [5, 5.41) is 7.58. The average molecular weight is 298 g/mol. The Morgan fingerprint density at radius 2 is 1.86 bits per heavy atom. The van der Waals surface area contributed by atoms with Crippen molar-refractivity contribution in [2.24, 2.45) is 5.92 Å². The largest absolute Gasteiger partial charge is 0.384 e. The molecule has 3 aliphatic rings. The minimum absolute atomic E-state index is 0.493. The molecule has 0 radical (unpaired) electrons. The van der Waals surface area contributed by atoms with Gasteiger partial charge in [0.15, 0.2) is 0 Å². The molecule has 2 aliphatic heterocycles. The number of benzene rings is 1. The van der Waals surface area contributed by atoms with Crippen molar-refractivity contribution in [1.82, 2.24) is 5.32 Å². The van der Waals surface area contributed by atoms with Crippen molar-refractivity contribution in [3.63, 3.8) is 0 Å². The van der Waals surface area contributed by atoms with E-state index in [0.29, 0.717) is 12.0 Å². The van der Waals surface area contributed by atoms with Crippen LogP contribution in [0.1, 0.15) is 81.0 Å². The maximum Gasteiger partial charge on any atom is 0.0376 e. The van der Waals surface area contributed by atoms with E-state index < -0.39 is 0 Å². The minimum Gasteiger partial charge on any atom is -0.384 e. The van der Waals surface area contributed by atoms with E-state index >= 15 is 0 Å². The zero-order chi connectivity index (χ0) is 15.1. The molecule has 1 fully saturated rings. The highest BCUT2D eigenvalue weighted by molar-refractivity contribution is 5.62. The van der Waals surface area contributed by atoms with E-state index in [0.717, 1.165) is 18.5 Å². The Bertz CT molecular complexity index is 551. The summed E-state index contributed by atoms with van der Waals surface area (Å²) in [7, 11) is 0. The Labute approximate surface area is 135 Å². The van der Waals surface area contributed by atoms with Gasteiger partial charge < -0.3 is 10.6 Å². The summed E-state index contributed by atoms with van der Waals surface area (Å²) in [6.45, 7) is 5.97. The standard InChI is InChI=1S/C20H30N2/c1-13-7-8-15-5-3-4-6-18(15)22-14(2)16-9-10-19-17(20(13)16)11-12-21-19/h9-10,13-15,18,21-22H,3-8,11-12H2,1-2H3/t13?,14?,15-,18?/m1/s1. The third kappa shape index (κ3) is 2.46. The van der Waals surface area contributed by atoms with Gasteiger partial charge in [0.05, 0.1) is 0 Å². The fourth-order valence-corrected chi connectivity index (χ4v) is 5.19. The summed E-state index contributed by atoms with van der Waals surface area (Å²) >= 11 is 0. The maximum atomic E-state index is 4.01. The number of rotatable bonds is 0. The molecular formula is C20H30N2. The Hall–Kier alpha value is -1.02. The first kappa shape index (κ1) is 14.6. The second-order valence-electron chi connectivity index (χ2n) is 7.79. The predicted molar refractivity (Wildman–Crippen MR) is 93.6 cm³/mol. The van der Waals surface area contributed by atoms with E-state index in [1.165, 1.54) is 50.6 Å². The van der Waals surface area contributed by atoms with Crippen molar-refractivity contribution in [3.8, 4) is 0 Å². The molecule has 0 saturated heterocycles. The fraction of sp³-hybridized carbons (Fsp3) is 0.700. The van der Waals surface area contributed by atoms with Crippen molar-refractivity contribution in [2.45, 2.75) is 76.8 Å². The first-order valence-corrected chi connectivity index (χ1v) is 9.39. The van der Waals surface area contributed by atoms with Crippen LogP contribution in [-0.2, 0) is 6.42 Å². The first-order chi connectivity index (χ1) is 10.7. The van der Waals surface area contributed by atoms with Gasteiger partial charge >= 0.3 is 0 Å². The summed E-state index contributed by atoms with van der Waals surface area (Å²) in [5.41, 5.74) is 6.25. The topological polar surface area (TPSA) is 24.1 Å². The number of hydrogen-bond donors (Lipinski definition) is 2. The quantitative estimate of drug-likeness (QED) is 0.721. The number of hydrogen-bond acceptors (Lipinski definition) is 2. The number of fused-ring (bicyclic) bond motifs is 4. The molecule has 2 heterocycles. The van der Waals surface area contributed by atoms with E-state index in [1.807, 2.05) is 0 Å². The van der Waals surface area contributed by atoms with Gasteiger partial charge in [-0.25, -0.2) is 0 Å². The van der Waals surface area contributed by atoms with E-state index in [9.17, 15) is 0 Å². The Balaban J connectivity index is 1.73. The van der Waals surface area contributed by atoms with Crippen LogP contribution in [0.15, 0.2) is 12.1 Å². The normalized spacial score (nSPS) is 34.5. The molecule has 2 heteroatoms. The van der Waals surface area contributed by atoms with Gasteiger partial charge in [-0.1, -0.05) is 25.8 Å². The molecule has 0 spiro atoms. The van der Waals surface area contributed by atoms with Gasteiger partial charge in [0, 0.05) is 24.3 Å². The molecule has 2 N–H and O–H groups in total. The maximum absolute atomic E-state index is 4.01. The molecule has 1 aliphatic carbocycles. The van der Waals surface area contributed by atoms with Gasteiger partial charge in [-0.2, -0.15) is 0 Å². The van der Waals surface area contributed by atoms with Crippen molar-refractivity contribution in [1.29, 1.82) is 0 Å². The molecule has 1 saturated carbocycles. The van der Waals surface area contributed by atoms with Crippen LogP contribution in [0, 0.1) is 5.92 Å². The van der Waals surface area contributed by atoms with Gasteiger partial charge in [-0.05, 0) is 73.6 Å². The van der Waals surface area contributed by atoms with Crippen LogP contribution >= 0.6 is 0 Å². The molecule has 3 unspecified atom stereocenters. The highest BCUT2D eigenvalue weighted by Crippen LogP contribution is 2.41. The van der Waals surface area contributed by atoms with Gasteiger partial charge in [0.25, 0.3) is 0 Å². The molecule has 4 atom stereocenters. The zero-order valence-electron chi connectivity index (χ0n) is 14.1. The Kier molecular flexibility index (Phi) is 3.89. The van der Waals surface area contributed by atoms with Crippen LogP contribution in [-0.4, -0.2) is 12.6 Å². The molecule has 0 bridgehead atoms. The molecule has 4 rings (SSSR count). The second kappa shape index (κ2) is 5.88. The van der Waals surface area contributed by atoms with Crippen molar-refractivity contribution < 1.29 is 0 Å². The zero-order valence-corrected chi connectivity index (χ0v) is 14.1. The van der Waals surface area contributed by atoms with Crippen LogP contribution in [0.2, 0.25) is 0 Å². The highest BCUT2D eigenvalue weighted by atomic mass is 15.0. The van der Waals surface area contributed by atoms with E-state index in [1.54, 1.807) is 16.7 Å². The van der Waals surface area contributed by atoms with Crippen molar-refractivity contribution >= 4 is 5.69 Å². The van der Waals surface area contributed by atoms with Crippen LogP contribution in [0.5, 0.6) is 0 Å². The first-order valence-electron chi connectivity index (χ1n) is 9.39. The molecule has 0 amide bonds. The average Bonchev–Trinajstić information content (AvgIpc) is 3.01. The van der Waals surface area contributed by atoms with Crippen LogP contribution in [0.4, 0.5) is 5.69 Å². The number of nitrogens with one attached hydrogen (secondary N) is 2. The van der Waals surface area contributed by atoms with Gasteiger partial charge in [-0.15, -0.1) is 0 Å². The monoisotopic (exact) mass is 298 g/mol. The SMILES string of the molecule is CC1CC[C@H]2CCCCC2NC(C)c2ccc3c(c21)CCN3. The van der Waals surface area contributed by atoms with Gasteiger partial charge in [0.1, 0.15) is 0 Å². The smallest absolute Gasteiger partial charge is 0.0376 e. The minimum atomic E-state index is 0.493. The third-order valence-electron chi connectivity index (χ3n) is 6.38. The molecule has 0 aromatic heterocycles. The molecular weight excluding hydrogens is 268 g/mol. The van der Waals surface area contributed by atoms with Crippen molar-refractivity contribution in [2.75, 3.05) is 11.9 Å².